The van der Waals surface area contributed by atoms with Gasteiger partial charge in [0.15, 0.2) is 17.4 Å². The molecule has 0 unspecified atom stereocenters. The summed E-state index contributed by atoms with van der Waals surface area (Å²) in [5, 5.41) is 29.0. The molecule has 10 heteroatoms. The highest BCUT2D eigenvalue weighted by Crippen LogP contribution is 2.30. The van der Waals surface area contributed by atoms with Gasteiger partial charge >= 0.3 is 0 Å². The molecule has 3 rings (SSSR count). The number of nitrogens with two attached hydrogens (primary N) is 1. The molecule has 2 aromatic heterocycles. The van der Waals surface area contributed by atoms with Gasteiger partial charge in [-0.3, -0.25) is 13.9 Å². The third kappa shape index (κ3) is 2.27. The monoisotopic (exact) mass is 321 g/mol. The predicted molar refractivity (Wildman–Crippen MR) is 78.0 cm³/mol. The first-order valence-electron chi connectivity index (χ1n) is 6.78. The molecule has 3 heterocycles. The first kappa shape index (κ1) is 15.4. The van der Waals surface area contributed by atoms with E-state index in [1.807, 2.05) is 0 Å². The van der Waals surface area contributed by atoms with Crippen molar-refractivity contribution in [3.05, 3.63) is 16.7 Å². The van der Waals surface area contributed by atoms with Crippen LogP contribution in [0.5, 0.6) is 0 Å². The second-order valence-electron chi connectivity index (χ2n) is 5.12. The maximum Gasteiger partial charge on any atom is 0.283 e. The number of rotatable bonds is 3. The van der Waals surface area contributed by atoms with Crippen LogP contribution in [0.1, 0.15) is 6.23 Å². The summed E-state index contributed by atoms with van der Waals surface area (Å²) in [6.45, 7) is -0.514. The van der Waals surface area contributed by atoms with Crippen LogP contribution < -0.4 is 11.3 Å². The maximum atomic E-state index is 12.3. The number of fused-ring (bicyclic) bond motifs is 1. The molecule has 0 saturated carbocycles. The minimum Gasteiger partial charge on any atom is -0.394 e. The number of aliphatic hydroxyl groups excluding tert-OH is 3. The van der Waals surface area contributed by atoms with Gasteiger partial charge in [-0.1, -0.05) is 5.92 Å². The number of aliphatic hydroxyl groups is 3. The minimum atomic E-state index is -1.32. The van der Waals surface area contributed by atoms with Gasteiger partial charge in [-0.25, -0.2) is 4.98 Å². The van der Waals surface area contributed by atoms with Crippen molar-refractivity contribution < 1.29 is 20.1 Å². The van der Waals surface area contributed by atoms with Crippen molar-refractivity contribution in [2.24, 2.45) is 0 Å². The molecule has 0 amide bonds. The Morgan fingerprint density at radius 2 is 2.17 bits per heavy atom. The van der Waals surface area contributed by atoms with Gasteiger partial charge in [0.2, 0.25) is 5.95 Å². The van der Waals surface area contributed by atoms with Crippen molar-refractivity contribution in [3.8, 4) is 12.3 Å². The largest absolute Gasteiger partial charge is 0.394 e. The van der Waals surface area contributed by atoms with Crippen LogP contribution in [-0.2, 0) is 11.3 Å². The molecule has 23 heavy (non-hydrogen) atoms. The van der Waals surface area contributed by atoms with Crippen molar-refractivity contribution in [1.29, 1.82) is 0 Å². The Hall–Kier alpha value is -2.45. The van der Waals surface area contributed by atoms with Crippen molar-refractivity contribution in [1.82, 2.24) is 19.1 Å². The summed E-state index contributed by atoms with van der Waals surface area (Å²) in [5.74, 6) is 2.20. The molecule has 0 radical (unpaired) electrons. The molecular formula is C13H15N5O5. The molecule has 1 aliphatic heterocycles. The van der Waals surface area contributed by atoms with Gasteiger partial charge in [0, 0.05) is 0 Å². The highest BCUT2D eigenvalue weighted by Gasteiger charge is 2.44. The minimum absolute atomic E-state index is 0.00666. The van der Waals surface area contributed by atoms with E-state index in [0.29, 0.717) is 0 Å². The van der Waals surface area contributed by atoms with Crippen LogP contribution in [0.2, 0.25) is 0 Å². The second kappa shape index (κ2) is 5.64. The third-order valence-corrected chi connectivity index (χ3v) is 3.75. The summed E-state index contributed by atoms with van der Waals surface area (Å²) < 4.78 is 7.78. The van der Waals surface area contributed by atoms with Gasteiger partial charge in [-0.2, -0.15) is 4.98 Å². The second-order valence-corrected chi connectivity index (χ2v) is 5.12. The van der Waals surface area contributed by atoms with Crippen molar-refractivity contribution >= 4 is 17.1 Å². The van der Waals surface area contributed by atoms with Crippen molar-refractivity contribution in [3.63, 3.8) is 0 Å². The van der Waals surface area contributed by atoms with Gasteiger partial charge in [0.05, 0.1) is 19.5 Å². The van der Waals surface area contributed by atoms with Gasteiger partial charge in [0.25, 0.3) is 5.56 Å². The number of nitrogens with zero attached hydrogens (tertiary/aromatic N) is 4. The molecule has 5 N–H and O–H groups in total. The number of terminal acetylenes is 1. The van der Waals surface area contributed by atoms with E-state index in [9.17, 15) is 15.0 Å². The van der Waals surface area contributed by atoms with E-state index < -0.39 is 36.7 Å². The normalized spacial score (nSPS) is 27.4. The van der Waals surface area contributed by atoms with E-state index in [1.165, 1.54) is 10.9 Å². The van der Waals surface area contributed by atoms with Gasteiger partial charge in [-0.15, -0.1) is 6.42 Å². The fourth-order valence-corrected chi connectivity index (χ4v) is 2.56. The summed E-state index contributed by atoms with van der Waals surface area (Å²) in [5.41, 5.74) is 5.32. The Balaban J connectivity index is 2.11. The van der Waals surface area contributed by atoms with Crippen LogP contribution in [-0.4, -0.2) is 59.3 Å². The molecule has 1 saturated heterocycles. The van der Waals surface area contributed by atoms with E-state index in [-0.39, 0.29) is 23.7 Å². The molecule has 1 fully saturated rings. The molecule has 2 aromatic rings. The molecule has 0 spiro atoms. The number of nitrogen functional groups attached to an aromatic ring is 1. The number of anilines is 1. The molecule has 0 aromatic carbocycles. The number of hydrogen-bond acceptors (Lipinski definition) is 8. The van der Waals surface area contributed by atoms with E-state index in [2.05, 4.69) is 15.9 Å². The molecule has 0 bridgehead atoms. The zero-order chi connectivity index (χ0) is 16.7. The molecule has 1 aliphatic rings. The van der Waals surface area contributed by atoms with Crippen LogP contribution in [0.25, 0.3) is 11.2 Å². The Kier molecular flexibility index (Phi) is 3.78. The molecule has 10 nitrogen and oxygen atoms in total. The summed E-state index contributed by atoms with van der Waals surface area (Å²) in [7, 11) is 0. The molecular weight excluding hydrogens is 306 g/mol. The van der Waals surface area contributed by atoms with Crippen LogP contribution >= 0.6 is 0 Å². The van der Waals surface area contributed by atoms with Gasteiger partial charge in [-0.05, 0) is 0 Å². The van der Waals surface area contributed by atoms with E-state index >= 15 is 0 Å². The topological polar surface area (TPSA) is 149 Å². The average Bonchev–Trinajstić information content (AvgIpc) is 3.06. The average molecular weight is 321 g/mol. The van der Waals surface area contributed by atoms with Crippen LogP contribution in [0.4, 0.5) is 5.95 Å². The summed E-state index contributed by atoms with van der Waals surface area (Å²) in [4.78, 5) is 20.4. The number of imidazole rings is 1. The van der Waals surface area contributed by atoms with E-state index in [1.54, 1.807) is 0 Å². The molecule has 4 atom stereocenters. The third-order valence-electron chi connectivity index (χ3n) is 3.75. The van der Waals surface area contributed by atoms with E-state index in [4.69, 9.17) is 22.0 Å². The lowest BCUT2D eigenvalue weighted by atomic mass is 10.1. The fraction of sp³-hybridized carbons (Fsp3) is 0.462. The fourth-order valence-electron chi connectivity index (χ4n) is 2.56. The quantitative estimate of drug-likeness (QED) is 0.450. The van der Waals surface area contributed by atoms with Gasteiger partial charge in [0.1, 0.15) is 18.3 Å². The Labute approximate surface area is 129 Å². The Morgan fingerprint density at radius 3 is 2.78 bits per heavy atom. The highest BCUT2D eigenvalue weighted by molar-refractivity contribution is 5.71. The molecule has 0 aliphatic carbocycles. The first-order chi connectivity index (χ1) is 11.0. The SMILES string of the molecule is C#CCn1c(N)nc2c(ncn2[C@@H]2O[C@H](CO)[C@@H](O)[C@H]2O)c1=O. The van der Waals surface area contributed by atoms with Crippen LogP contribution in [0.3, 0.4) is 0 Å². The smallest absolute Gasteiger partial charge is 0.283 e. The molecule has 122 valence electrons. The van der Waals surface area contributed by atoms with Crippen LogP contribution in [0, 0.1) is 12.3 Å². The number of ether oxygens (including phenoxy) is 1. The Bertz CT molecular complexity index is 838. The highest BCUT2D eigenvalue weighted by atomic mass is 16.6. The lowest BCUT2D eigenvalue weighted by Gasteiger charge is -2.16. The Morgan fingerprint density at radius 1 is 1.43 bits per heavy atom. The summed E-state index contributed by atoms with van der Waals surface area (Å²) >= 11 is 0. The lowest BCUT2D eigenvalue weighted by molar-refractivity contribution is -0.0511. The number of aromatic nitrogens is 4. The lowest BCUT2D eigenvalue weighted by Crippen LogP contribution is -2.33. The van der Waals surface area contributed by atoms with Crippen molar-refractivity contribution in [2.75, 3.05) is 12.3 Å². The van der Waals surface area contributed by atoms with Crippen molar-refractivity contribution in [2.45, 2.75) is 31.1 Å². The van der Waals surface area contributed by atoms with E-state index in [0.717, 1.165) is 4.57 Å². The van der Waals surface area contributed by atoms with Gasteiger partial charge < -0.3 is 25.8 Å². The zero-order valence-corrected chi connectivity index (χ0v) is 11.9. The van der Waals surface area contributed by atoms with Crippen LogP contribution in [0.15, 0.2) is 11.1 Å². The number of hydrogen-bond donors (Lipinski definition) is 4. The maximum absolute atomic E-state index is 12.3. The zero-order valence-electron chi connectivity index (χ0n) is 11.9. The predicted octanol–water partition coefficient (Wildman–Crippen LogP) is -2.58. The first-order valence-corrected chi connectivity index (χ1v) is 6.78. The standard InChI is InChI=1S/C13H15N5O5/c1-2-3-17-11(22)7-10(16-13(17)14)18(5-15-7)12-9(21)8(20)6(4-19)23-12/h1,5-6,8-9,12,19-21H,3-4H2,(H2,14,16)/t6-,8-,9-,12-/m1/s1. The summed E-state index contributed by atoms with van der Waals surface area (Å²) in [6, 6.07) is 0. The summed E-state index contributed by atoms with van der Waals surface area (Å²) in [6.07, 6.45) is 1.84.